The second-order valence-electron chi connectivity index (χ2n) is 4.90. The lowest BCUT2D eigenvalue weighted by molar-refractivity contribution is -0.143. The van der Waals surface area contributed by atoms with Crippen LogP contribution in [0.1, 0.15) is 16.8 Å². The summed E-state index contributed by atoms with van der Waals surface area (Å²) >= 11 is 0.917. The lowest BCUT2D eigenvalue weighted by Crippen LogP contribution is -2.12. The van der Waals surface area contributed by atoms with E-state index < -0.39 is 33.0 Å². The van der Waals surface area contributed by atoms with E-state index in [-0.39, 0.29) is 4.34 Å². The van der Waals surface area contributed by atoms with Crippen LogP contribution in [0.15, 0.2) is 33.3 Å². The number of thiazole rings is 1. The zero-order chi connectivity index (χ0) is 16.8. The van der Waals surface area contributed by atoms with E-state index in [4.69, 9.17) is 0 Å². The Balaban J connectivity index is 2.00. The third-order valence-electron chi connectivity index (χ3n) is 3.05. The number of hydrogen-bond donors (Lipinski definition) is 0. The third kappa shape index (κ3) is 3.08. The van der Waals surface area contributed by atoms with Crippen molar-refractivity contribution in [1.29, 1.82) is 0 Å². The molecule has 0 saturated carbocycles. The Morgan fingerprint density at radius 1 is 1.30 bits per heavy atom. The SMILES string of the molecule is Cc1ccc2sc(S(=O)(=O)Cc3conc3C(F)(F)F)nc2c1. The van der Waals surface area contributed by atoms with Crippen molar-refractivity contribution in [3.8, 4) is 0 Å². The zero-order valence-corrected chi connectivity index (χ0v) is 13.2. The molecule has 10 heteroatoms. The molecule has 1 aromatic carbocycles. The van der Waals surface area contributed by atoms with Crippen molar-refractivity contribution in [2.75, 3.05) is 0 Å². The highest BCUT2D eigenvalue weighted by Crippen LogP contribution is 2.33. The summed E-state index contributed by atoms with van der Waals surface area (Å²) < 4.78 is 67.6. The molecule has 23 heavy (non-hydrogen) atoms. The highest BCUT2D eigenvalue weighted by atomic mass is 32.2. The summed E-state index contributed by atoms with van der Waals surface area (Å²) in [5, 5.41) is 2.84. The monoisotopic (exact) mass is 362 g/mol. The molecule has 0 unspecified atom stereocenters. The summed E-state index contributed by atoms with van der Waals surface area (Å²) in [6.07, 6.45) is -4.08. The van der Waals surface area contributed by atoms with E-state index in [9.17, 15) is 21.6 Å². The van der Waals surface area contributed by atoms with Gasteiger partial charge < -0.3 is 4.52 Å². The van der Waals surface area contributed by atoms with Crippen LogP contribution in [0.4, 0.5) is 13.2 Å². The number of rotatable bonds is 3. The molecule has 0 spiro atoms. The van der Waals surface area contributed by atoms with Crippen LogP contribution in [-0.2, 0) is 21.8 Å². The Morgan fingerprint density at radius 3 is 2.74 bits per heavy atom. The van der Waals surface area contributed by atoms with E-state index in [1.165, 1.54) is 0 Å². The Bertz CT molecular complexity index is 974. The molecule has 0 fully saturated rings. The van der Waals surface area contributed by atoms with E-state index in [2.05, 4.69) is 14.7 Å². The molecule has 0 amide bonds. The zero-order valence-electron chi connectivity index (χ0n) is 11.6. The summed E-state index contributed by atoms with van der Waals surface area (Å²) in [5.41, 5.74) is -0.467. The fraction of sp³-hybridized carbons (Fsp3) is 0.231. The number of nitrogens with zero attached hydrogens (tertiary/aromatic N) is 2. The molecule has 2 heterocycles. The lowest BCUT2D eigenvalue weighted by atomic mass is 10.2. The maximum Gasteiger partial charge on any atom is 0.437 e. The smallest absolute Gasteiger partial charge is 0.364 e. The number of sulfone groups is 1. The molecular weight excluding hydrogens is 353 g/mol. The van der Waals surface area contributed by atoms with Crippen molar-refractivity contribution in [2.24, 2.45) is 0 Å². The highest BCUT2D eigenvalue weighted by Gasteiger charge is 2.39. The number of alkyl halides is 3. The van der Waals surface area contributed by atoms with Crippen molar-refractivity contribution in [2.45, 2.75) is 23.2 Å². The van der Waals surface area contributed by atoms with Crippen molar-refractivity contribution in [1.82, 2.24) is 10.1 Å². The molecule has 0 bridgehead atoms. The van der Waals surface area contributed by atoms with E-state index in [0.29, 0.717) is 16.5 Å². The molecule has 0 aliphatic carbocycles. The van der Waals surface area contributed by atoms with Gasteiger partial charge in [-0.15, -0.1) is 11.3 Å². The van der Waals surface area contributed by atoms with Crippen LogP contribution < -0.4 is 0 Å². The molecule has 0 radical (unpaired) electrons. The molecule has 0 atom stereocenters. The lowest BCUT2D eigenvalue weighted by Gasteiger charge is -2.04. The van der Waals surface area contributed by atoms with E-state index in [1.54, 1.807) is 18.2 Å². The van der Waals surface area contributed by atoms with Gasteiger partial charge >= 0.3 is 6.18 Å². The molecule has 0 aliphatic rings. The highest BCUT2D eigenvalue weighted by molar-refractivity contribution is 7.92. The predicted molar refractivity (Wildman–Crippen MR) is 76.8 cm³/mol. The maximum atomic E-state index is 12.7. The summed E-state index contributed by atoms with van der Waals surface area (Å²) in [6, 6.07) is 5.24. The minimum absolute atomic E-state index is 0.229. The van der Waals surface area contributed by atoms with Crippen molar-refractivity contribution < 1.29 is 26.1 Å². The third-order valence-corrected chi connectivity index (χ3v) is 6.20. The van der Waals surface area contributed by atoms with Crippen LogP contribution in [0, 0.1) is 6.92 Å². The molecule has 122 valence electrons. The first-order chi connectivity index (χ1) is 10.7. The van der Waals surface area contributed by atoms with Gasteiger partial charge in [0.2, 0.25) is 14.2 Å². The molecule has 5 nitrogen and oxygen atoms in total. The average Bonchev–Trinajstić information content (AvgIpc) is 3.03. The van der Waals surface area contributed by atoms with Gasteiger partial charge in [0, 0.05) is 5.56 Å². The first kappa shape index (κ1) is 15.9. The average molecular weight is 362 g/mol. The fourth-order valence-corrected chi connectivity index (χ4v) is 4.62. The van der Waals surface area contributed by atoms with Crippen LogP contribution in [0.2, 0.25) is 0 Å². The van der Waals surface area contributed by atoms with Gasteiger partial charge in [-0.3, -0.25) is 0 Å². The van der Waals surface area contributed by atoms with Gasteiger partial charge in [0.1, 0.15) is 6.26 Å². The van der Waals surface area contributed by atoms with Crippen LogP contribution >= 0.6 is 11.3 Å². The Labute approximate surface area is 132 Å². The molecule has 0 aliphatic heterocycles. The Morgan fingerprint density at radius 2 is 2.04 bits per heavy atom. The predicted octanol–water partition coefficient (Wildman–Crippen LogP) is 3.59. The van der Waals surface area contributed by atoms with Gasteiger partial charge in [-0.1, -0.05) is 11.2 Å². The Hall–Kier alpha value is -1.94. The van der Waals surface area contributed by atoms with E-state index in [1.807, 2.05) is 6.92 Å². The number of halogens is 3. The number of fused-ring (bicyclic) bond motifs is 1. The topological polar surface area (TPSA) is 73.1 Å². The molecule has 2 aromatic heterocycles. The van der Waals surface area contributed by atoms with Gasteiger partial charge in [-0.05, 0) is 24.6 Å². The molecule has 3 aromatic rings. The van der Waals surface area contributed by atoms with Crippen LogP contribution in [0.5, 0.6) is 0 Å². The molecule has 3 rings (SSSR count). The summed E-state index contributed by atoms with van der Waals surface area (Å²) in [6.45, 7) is 1.83. The number of hydrogen-bond acceptors (Lipinski definition) is 6. The molecule has 0 saturated heterocycles. The summed E-state index contributed by atoms with van der Waals surface area (Å²) in [4.78, 5) is 4.02. The van der Waals surface area contributed by atoms with Gasteiger partial charge in [0.05, 0.1) is 16.0 Å². The summed E-state index contributed by atoms with van der Waals surface area (Å²) in [5.74, 6) is -0.871. The number of aryl methyl sites for hydroxylation is 1. The normalized spacial score (nSPS) is 12.9. The fourth-order valence-electron chi connectivity index (χ4n) is 2.01. The number of benzene rings is 1. The van der Waals surface area contributed by atoms with Gasteiger partial charge in [-0.25, -0.2) is 13.4 Å². The van der Waals surface area contributed by atoms with Crippen LogP contribution in [0.25, 0.3) is 10.2 Å². The van der Waals surface area contributed by atoms with Crippen LogP contribution in [0.3, 0.4) is 0 Å². The van der Waals surface area contributed by atoms with Crippen molar-refractivity contribution >= 4 is 31.4 Å². The largest absolute Gasteiger partial charge is 0.437 e. The van der Waals surface area contributed by atoms with E-state index in [0.717, 1.165) is 16.9 Å². The number of aromatic nitrogens is 2. The minimum atomic E-state index is -4.78. The van der Waals surface area contributed by atoms with Gasteiger partial charge in [-0.2, -0.15) is 13.2 Å². The van der Waals surface area contributed by atoms with E-state index >= 15 is 0 Å². The van der Waals surface area contributed by atoms with Crippen molar-refractivity contribution in [3.05, 3.63) is 41.3 Å². The Kier molecular flexibility index (Phi) is 3.68. The van der Waals surface area contributed by atoms with Gasteiger partial charge in [0.15, 0.2) is 5.69 Å². The minimum Gasteiger partial charge on any atom is -0.364 e. The first-order valence-electron chi connectivity index (χ1n) is 6.27. The van der Waals surface area contributed by atoms with Gasteiger partial charge in [0.25, 0.3) is 0 Å². The summed E-state index contributed by atoms with van der Waals surface area (Å²) in [7, 11) is -4.03. The maximum absolute atomic E-state index is 12.7. The van der Waals surface area contributed by atoms with Crippen LogP contribution in [-0.4, -0.2) is 18.6 Å². The standard InChI is InChI=1S/C13H9F3N2O3S2/c1-7-2-3-10-9(4-7)17-12(22-10)23(19,20)6-8-5-21-18-11(8)13(14,15)16/h2-5H,6H2,1H3. The first-order valence-corrected chi connectivity index (χ1v) is 8.74. The quantitative estimate of drug-likeness (QED) is 0.712. The van der Waals surface area contributed by atoms with Crippen molar-refractivity contribution in [3.63, 3.8) is 0 Å². The molecule has 0 N–H and O–H groups in total. The second kappa shape index (κ2) is 5.31. The second-order valence-corrected chi connectivity index (χ2v) is 8.09. The molecular formula is C13H9F3N2O3S2.